The van der Waals surface area contributed by atoms with Gasteiger partial charge in [0.25, 0.3) is 0 Å². The van der Waals surface area contributed by atoms with Gasteiger partial charge in [0.2, 0.25) is 0 Å². The van der Waals surface area contributed by atoms with E-state index in [0.29, 0.717) is 0 Å². The van der Waals surface area contributed by atoms with Crippen LogP contribution in [0.25, 0.3) is 0 Å². The van der Waals surface area contributed by atoms with Crippen LogP contribution in [-0.2, 0) is 4.74 Å². The number of methoxy groups -OCH3 is 1. The standard InChI is InChI=1S/C9H16N2O2/c1-9(2)6-4-5-7(9)10-11-8(12)13-3/h4-6H2,1-3H3,(H,11,12)/b10-7+. The Kier molecular flexibility index (Phi) is 2.90. The molecule has 0 bridgehead atoms. The van der Waals surface area contributed by atoms with Crippen molar-refractivity contribution in [1.82, 2.24) is 5.43 Å². The summed E-state index contributed by atoms with van der Waals surface area (Å²) in [5, 5.41) is 4.04. The number of carbonyl (C=O) groups is 1. The van der Waals surface area contributed by atoms with E-state index < -0.39 is 6.09 Å². The summed E-state index contributed by atoms with van der Waals surface area (Å²) in [6, 6.07) is 0. The van der Waals surface area contributed by atoms with Gasteiger partial charge in [-0.3, -0.25) is 0 Å². The van der Waals surface area contributed by atoms with Crippen molar-refractivity contribution >= 4 is 11.8 Å². The average molecular weight is 184 g/mol. The first-order chi connectivity index (χ1) is 6.06. The van der Waals surface area contributed by atoms with Crippen molar-refractivity contribution < 1.29 is 9.53 Å². The molecule has 0 heterocycles. The van der Waals surface area contributed by atoms with E-state index >= 15 is 0 Å². The second-order valence-corrected chi connectivity index (χ2v) is 3.90. The van der Waals surface area contributed by atoms with Gasteiger partial charge < -0.3 is 4.74 Å². The van der Waals surface area contributed by atoms with Crippen LogP contribution in [0.2, 0.25) is 0 Å². The SMILES string of the molecule is COC(=O)N/N=C1\CCCC1(C)C. The number of carbonyl (C=O) groups excluding carboxylic acids is 1. The molecule has 0 saturated heterocycles. The van der Waals surface area contributed by atoms with Crippen LogP contribution >= 0.6 is 0 Å². The van der Waals surface area contributed by atoms with E-state index in [2.05, 4.69) is 29.1 Å². The smallest absolute Gasteiger partial charge is 0.427 e. The predicted molar refractivity (Wildman–Crippen MR) is 50.6 cm³/mol. The zero-order valence-corrected chi connectivity index (χ0v) is 8.39. The molecule has 1 rings (SSSR count). The summed E-state index contributed by atoms with van der Waals surface area (Å²) in [6.07, 6.45) is 2.75. The minimum atomic E-state index is -0.504. The van der Waals surface area contributed by atoms with Crippen molar-refractivity contribution in [2.45, 2.75) is 33.1 Å². The quantitative estimate of drug-likeness (QED) is 0.633. The number of hydrogen-bond acceptors (Lipinski definition) is 3. The second-order valence-electron chi connectivity index (χ2n) is 3.90. The average Bonchev–Trinajstić information content (AvgIpc) is 2.41. The van der Waals surface area contributed by atoms with Gasteiger partial charge in [-0.05, 0) is 19.3 Å². The molecule has 1 N–H and O–H groups in total. The Morgan fingerprint density at radius 1 is 1.62 bits per heavy atom. The minimum absolute atomic E-state index is 0.126. The van der Waals surface area contributed by atoms with Gasteiger partial charge in [-0.25, -0.2) is 10.2 Å². The van der Waals surface area contributed by atoms with E-state index in [9.17, 15) is 4.79 Å². The summed E-state index contributed by atoms with van der Waals surface area (Å²) in [7, 11) is 1.33. The number of hydrazone groups is 1. The number of rotatable bonds is 1. The molecule has 0 aromatic heterocycles. The molecule has 4 heteroatoms. The number of amides is 1. The third-order valence-corrected chi connectivity index (χ3v) is 2.46. The van der Waals surface area contributed by atoms with Gasteiger partial charge >= 0.3 is 6.09 Å². The van der Waals surface area contributed by atoms with Crippen LogP contribution in [0.4, 0.5) is 4.79 Å². The molecule has 0 atom stereocenters. The maximum atomic E-state index is 10.7. The highest BCUT2D eigenvalue weighted by molar-refractivity contribution is 5.91. The van der Waals surface area contributed by atoms with Crippen molar-refractivity contribution in [2.75, 3.05) is 7.11 Å². The van der Waals surface area contributed by atoms with Gasteiger partial charge in [-0.1, -0.05) is 13.8 Å². The maximum absolute atomic E-state index is 10.7. The highest BCUT2D eigenvalue weighted by Gasteiger charge is 2.30. The molecule has 0 radical (unpaired) electrons. The van der Waals surface area contributed by atoms with Gasteiger partial charge in [0.1, 0.15) is 0 Å². The second kappa shape index (κ2) is 3.77. The van der Waals surface area contributed by atoms with Crippen molar-refractivity contribution in [2.24, 2.45) is 10.5 Å². The van der Waals surface area contributed by atoms with Gasteiger partial charge in [-0.2, -0.15) is 5.10 Å². The Morgan fingerprint density at radius 2 is 2.31 bits per heavy atom. The van der Waals surface area contributed by atoms with E-state index in [1.165, 1.54) is 7.11 Å². The van der Waals surface area contributed by atoms with E-state index in [1.807, 2.05) is 0 Å². The number of hydrogen-bond donors (Lipinski definition) is 1. The van der Waals surface area contributed by atoms with Crippen LogP contribution in [0.15, 0.2) is 5.10 Å². The van der Waals surface area contributed by atoms with Crippen LogP contribution in [0.1, 0.15) is 33.1 Å². The fraction of sp³-hybridized carbons (Fsp3) is 0.778. The molecule has 13 heavy (non-hydrogen) atoms. The Hall–Kier alpha value is -1.06. The third kappa shape index (κ3) is 2.44. The largest absolute Gasteiger partial charge is 0.452 e. The van der Waals surface area contributed by atoms with E-state index in [0.717, 1.165) is 25.0 Å². The lowest BCUT2D eigenvalue weighted by molar-refractivity contribution is 0.171. The molecule has 1 aliphatic carbocycles. The number of ether oxygens (including phenoxy) is 1. The van der Waals surface area contributed by atoms with E-state index in [1.54, 1.807) is 0 Å². The van der Waals surface area contributed by atoms with E-state index in [4.69, 9.17) is 0 Å². The normalized spacial score (nSPS) is 23.2. The van der Waals surface area contributed by atoms with Gasteiger partial charge in [0.15, 0.2) is 0 Å². The maximum Gasteiger partial charge on any atom is 0.427 e. The molecular weight excluding hydrogens is 168 g/mol. The Bertz CT molecular complexity index is 234. The first-order valence-electron chi connectivity index (χ1n) is 4.47. The van der Waals surface area contributed by atoms with Crippen molar-refractivity contribution in [1.29, 1.82) is 0 Å². The monoisotopic (exact) mass is 184 g/mol. The molecule has 0 aliphatic heterocycles. The van der Waals surface area contributed by atoms with Gasteiger partial charge in [0, 0.05) is 11.1 Å². The fourth-order valence-electron chi connectivity index (χ4n) is 1.55. The van der Waals surface area contributed by atoms with Crippen molar-refractivity contribution in [3.05, 3.63) is 0 Å². The first-order valence-corrected chi connectivity index (χ1v) is 4.47. The Balaban J connectivity index is 2.56. The van der Waals surface area contributed by atoms with Gasteiger partial charge in [0.05, 0.1) is 7.11 Å². The molecule has 1 amide bonds. The van der Waals surface area contributed by atoms with Crippen LogP contribution in [0.3, 0.4) is 0 Å². The summed E-state index contributed by atoms with van der Waals surface area (Å²) in [5.74, 6) is 0. The molecule has 0 aromatic rings. The molecule has 74 valence electrons. The lowest BCUT2D eigenvalue weighted by Crippen LogP contribution is -2.24. The highest BCUT2D eigenvalue weighted by Crippen LogP contribution is 2.34. The van der Waals surface area contributed by atoms with Crippen LogP contribution in [0, 0.1) is 5.41 Å². The molecule has 1 aliphatic rings. The molecule has 1 saturated carbocycles. The van der Waals surface area contributed by atoms with Crippen molar-refractivity contribution in [3.63, 3.8) is 0 Å². The van der Waals surface area contributed by atoms with Gasteiger partial charge in [-0.15, -0.1) is 0 Å². The summed E-state index contributed by atoms with van der Waals surface area (Å²) < 4.78 is 4.42. The van der Waals surface area contributed by atoms with Crippen LogP contribution in [0.5, 0.6) is 0 Å². The molecule has 0 unspecified atom stereocenters. The predicted octanol–water partition coefficient (Wildman–Crippen LogP) is 1.91. The zero-order chi connectivity index (χ0) is 9.90. The molecule has 0 spiro atoms. The Morgan fingerprint density at radius 3 is 2.77 bits per heavy atom. The summed E-state index contributed by atoms with van der Waals surface area (Å²) in [4.78, 5) is 10.7. The minimum Gasteiger partial charge on any atom is -0.452 e. The molecule has 0 aromatic carbocycles. The van der Waals surface area contributed by atoms with Crippen molar-refractivity contribution in [3.8, 4) is 0 Å². The Labute approximate surface area is 78.3 Å². The third-order valence-electron chi connectivity index (χ3n) is 2.46. The molecule has 1 fully saturated rings. The van der Waals surface area contributed by atoms with Crippen LogP contribution in [-0.4, -0.2) is 18.9 Å². The summed E-state index contributed by atoms with van der Waals surface area (Å²) >= 11 is 0. The zero-order valence-electron chi connectivity index (χ0n) is 8.39. The number of nitrogens with zero attached hydrogens (tertiary/aromatic N) is 1. The molecular formula is C9H16N2O2. The molecule has 4 nitrogen and oxygen atoms in total. The lowest BCUT2D eigenvalue weighted by atomic mass is 9.90. The van der Waals surface area contributed by atoms with Crippen LogP contribution < -0.4 is 5.43 Å². The first kappa shape index (κ1) is 10.0. The summed E-state index contributed by atoms with van der Waals surface area (Å²) in [6.45, 7) is 4.27. The van der Waals surface area contributed by atoms with E-state index in [-0.39, 0.29) is 5.41 Å². The number of nitrogens with one attached hydrogen (secondary N) is 1. The lowest BCUT2D eigenvalue weighted by Gasteiger charge is -2.17. The summed E-state index contributed by atoms with van der Waals surface area (Å²) in [5.41, 5.74) is 3.54. The topological polar surface area (TPSA) is 50.7 Å². The highest BCUT2D eigenvalue weighted by atomic mass is 16.5. The fourth-order valence-corrected chi connectivity index (χ4v) is 1.55.